The second-order valence-electron chi connectivity index (χ2n) is 6.22. The molecule has 0 saturated heterocycles. The van der Waals surface area contributed by atoms with Gasteiger partial charge in [-0.1, -0.05) is 32.4 Å². The molecule has 0 spiro atoms. The maximum Gasteiger partial charge on any atom is 0.209 e. The summed E-state index contributed by atoms with van der Waals surface area (Å²) >= 11 is 0. The van der Waals surface area contributed by atoms with E-state index in [1.54, 1.807) is 0 Å². The normalized spacial score (nSPS) is 17.1. The molecule has 0 fully saturated rings. The van der Waals surface area contributed by atoms with E-state index in [1.165, 1.54) is 35.4 Å². The van der Waals surface area contributed by atoms with Gasteiger partial charge in [-0.2, -0.15) is 4.58 Å². The Morgan fingerprint density at radius 2 is 1.95 bits per heavy atom. The highest BCUT2D eigenvalue weighted by Crippen LogP contribution is 2.40. The first-order valence-corrected chi connectivity index (χ1v) is 7.97. The summed E-state index contributed by atoms with van der Waals surface area (Å²) in [5.74, 6) is 0. The highest BCUT2D eigenvalue weighted by atomic mass is 15.1. The molecule has 1 heteroatoms. The number of fused-ring (bicyclic) bond motifs is 1. The molecule has 0 bridgehead atoms. The predicted molar refractivity (Wildman–Crippen MR) is 88.4 cm³/mol. The predicted octanol–water partition coefficient (Wildman–Crippen LogP) is 5.00. The first-order valence-electron chi connectivity index (χ1n) is 7.97. The Hall–Kier alpha value is -1.37. The molecule has 1 aromatic carbocycles. The lowest BCUT2D eigenvalue weighted by molar-refractivity contribution is -0.438. The number of aryl methyl sites for hydroxylation is 1. The second-order valence-corrected chi connectivity index (χ2v) is 6.22. The van der Waals surface area contributed by atoms with Crippen molar-refractivity contribution in [2.75, 3.05) is 6.54 Å². The van der Waals surface area contributed by atoms with Gasteiger partial charge in [-0.05, 0) is 38.8 Å². The average molecular weight is 270 g/mol. The van der Waals surface area contributed by atoms with Crippen LogP contribution < -0.4 is 0 Å². The van der Waals surface area contributed by atoms with Crippen molar-refractivity contribution in [3.05, 3.63) is 41.5 Å². The van der Waals surface area contributed by atoms with E-state index in [0.29, 0.717) is 0 Å². The molecule has 0 aromatic heterocycles. The molecule has 1 heterocycles. The number of nitrogens with zero attached hydrogens (tertiary/aromatic N) is 1. The van der Waals surface area contributed by atoms with Gasteiger partial charge in [-0.15, -0.1) is 0 Å². The van der Waals surface area contributed by atoms with Gasteiger partial charge >= 0.3 is 0 Å². The molecular formula is C19H28N+. The Labute approximate surface area is 124 Å². The zero-order valence-corrected chi connectivity index (χ0v) is 13.7. The summed E-state index contributed by atoms with van der Waals surface area (Å²) in [5, 5.41) is 0. The Kier molecular flexibility index (Phi) is 4.47. The Bertz CT molecular complexity index is 547. The average Bonchev–Trinajstić information content (AvgIpc) is 2.65. The quantitative estimate of drug-likeness (QED) is 0.662. The van der Waals surface area contributed by atoms with E-state index in [0.717, 1.165) is 13.0 Å². The summed E-state index contributed by atoms with van der Waals surface area (Å²) in [6.45, 7) is 12.4. The Balaban J connectivity index is 2.57. The second kappa shape index (κ2) is 5.95. The summed E-state index contributed by atoms with van der Waals surface area (Å²) in [7, 11) is 0. The molecule has 1 aliphatic rings. The zero-order chi connectivity index (χ0) is 14.8. The fourth-order valence-corrected chi connectivity index (χ4v) is 3.16. The van der Waals surface area contributed by atoms with Gasteiger partial charge < -0.3 is 0 Å². The summed E-state index contributed by atoms with van der Waals surface area (Å²) in [6, 6.07) is 7.01. The molecule has 0 amide bonds. The van der Waals surface area contributed by atoms with E-state index >= 15 is 0 Å². The van der Waals surface area contributed by atoms with Gasteiger partial charge in [-0.25, -0.2) is 0 Å². The van der Waals surface area contributed by atoms with E-state index in [-0.39, 0.29) is 5.41 Å². The molecule has 20 heavy (non-hydrogen) atoms. The van der Waals surface area contributed by atoms with Gasteiger partial charge in [0, 0.05) is 24.1 Å². The van der Waals surface area contributed by atoms with Gasteiger partial charge in [0.1, 0.15) is 6.54 Å². The van der Waals surface area contributed by atoms with E-state index in [1.807, 2.05) is 0 Å². The summed E-state index contributed by atoms with van der Waals surface area (Å²) in [4.78, 5) is 0. The summed E-state index contributed by atoms with van der Waals surface area (Å²) in [5.41, 5.74) is 5.89. The minimum atomic E-state index is 0.112. The molecule has 0 unspecified atom stereocenters. The number of allylic oxidation sites excluding steroid dienone is 2. The number of benzene rings is 1. The number of hydrogen-bond acceptors (Lipinski definition) is 0. The third kappa shape index (κ3) is 2.46. The van der Waals surface area contributed by atoms with E-state index in [2.05, 4.69) is 69.5 Å². The minimum Gasteiger partial charge on any atom is -0.195 e. The molecule has 108 valence electrons. The van der Waals surface area contributed by atoms with Crippen molar-refractivity contribution in [3.8, 4) is 0 Å². The molecule has 0 radical (unpaired) electrons. The molecule has 0 saturated carbocycles. The topological polar surface area (TPSA) is 3.01 Å². The monoisotopic (exact) mass is 270 g/mol. The standard InChI is InChI=1S/C19H28N/c1-6-9-13-20-17-12-11-15(8-3)14-16(17)19(4,5)18(20)10-7-2/h7,10-12,14H,6,8-9,13H2,1-5H3/q+1. The van der Waals surface area contributed by atoms with Crippen molar-refractivity contribution in [2.45, 2.75) is 59.3 Å². The van der Waals surface area contributed by atoms with Crippen LogP contribution in [0.2, 0.25) is 0 Å². The van der Waals surface area contributed by atoms with Gasteiger partial charge in [0.2, 0.25) is 5.69 Å². The fraction of sp³-hybridized carbons (Fsp3) is 0.526. The van der Waals surface area contributed by atoms with Gasteiger partial charge in [0.25, 0.3) is 0 Å². The molecule has 0 aliphatic carbocycles. The van der Waals surface area contributed by atoms with Crippen LogP contribution in [0.5, 0.6) is 0 Å². The van der Waals surface area contributed by atoms with Crippen LogP contribution in [0.3, 0.4) is 0 Å². The van der Waals surface area contributed by atoms with Crippen LogP contribution in [0.25, 0.3) is 0 Å². The molecular weight excluding hydrogens is 242 g/mol. The van der Waals surface area contributed by atoms with E-state index in [9.17, 15) is 0 Å². The van der Waals surface area contributed by atoms with E-state index in [4.69, 9.17) is 0 Å². The highest BCUT2D eigenvalue weighted by Gasteiger charge is 2.43. The molecule has 2 rings (SSSR count). The van der Waals surface area contributed by atoms with Crippen LogP contribution in [-0.2, 0) is 11.8 Å². The van der Waals surface area contributed by atoms with Crippen molar-refractivity contribution < 1.29 is 4.58 Å². The van der Waals surface area contributed by atoms with Crippen molar-refractivity contribution in [3.63, 3.8) is 0 Å². The van der Waals surface area contributed by atoms with Crippen molar-refractivity contribution in [1.82, 2.24) is 0 Å². The van der Waals surface area contributed by atoms with Crippen molar-refractivity contribution in [1.29, 1.82) is 0 Å². The van der Waals surface area contributed by atoms with Crippen LogP contribution in [0.15, 0.2) is 30.4 Å². The maximum absolute atomic E-state index is 2.53. The third-order valence-corrected chi connectivity index (χ3v) is 4.42. The third-order valence-electron chi connectivity index (χ3n) is 4.42. The first-order chi connectivity index (χ1) is 9.56. The summed E-state index contributed by atoms with van der Waals surface area (Å²) in [6.07, 6.45) is 8.05. The lowest BCUT2D eigenvalue weighted by Gasteiger charge is -2.16. The minimum absolute atomic E-state index is 0.112. The van der Waals surface area contributed by atoms with Crippen LogP contribution in [0, 0.1) is 0 Å². The van der Waals surface area contributed by atoms with Crippen LogP contribution in [0.4, 0.5) is 5.69 Å². The molecule has 1 aromatic rings. The molecule has 1 nitrogen and oxygen atoms in total. The molecule has 0 N–H and O–H groups in total. The maximum atomic E-state index is 2.53. The first kappa shape index (κ1) is 15.0. The van der Waals surface area contributed by atoms with Crippen molar-refractivity contribution in [2.24, 2.45) is 0 Å². The number of unbranched alkanes of at least 4 members (excludes halogenated alkanes) is 1. The molecule has 1 aliphatic heterocycles. The van der Waals surface area contributed by atoms with Crippen LogP contribution in [0.1, 0.15) is 58.6 Å². The molecule has 0 atom stereocenters. The smallest absolute Gasteiger partial charge is 0.195 e. The van der Waals surface area contributed by atoms with Crippen LogP contribution in [-0.4, -0.2) is 16.8 Å². The lowest BCUT2D eigenvalue weighted by Crippen LogP contribution is -2.27. The number of hydrogen-bond donors (Lipinski definition) is 0. The Morgan fingerprint density at radius 3 is 2.55 bits per heavy atom. The van der Waals surface area contributed by atoms with Crippen LogP contribution >= 0.6 is 0 Å². The number of rotatable bonds is 5. The SMILES string of the molecule is CC=CC1=[N+](CCCC)c2ccc(CC)cc2C1(C)C. The highest BCUT2D eigenvalue weighted by molar-refractivity contribution is 6.03. The lowest BCUT2D eigenvalue weighted by atomic mass is 9.80. The Morgan fingerprint density at radius 1 is 1.20 bits per heavy atom. The fourth-order valence-electron chi connectivity index (χ4n) is 3.16. The largest absolute Gasteiger partial charge is 0.209 e. The van der Waals surface area contributed by atoms with Crippen molar-refractivity contribution >= 4 is 11.4 Å². The van der Waals surface area contributed by atoms with Gasteiger partial charge in [0.15, 0.2) is 5.71 Å². The van der Waals surface area contributed by atoms with E-state index < -0.39 is 0 Å². The zero-order valence-electron chi connectivity index (χ0n) is 13.7. The van der Waals surface area contributed by atoms with Gasteiger partial charge in [-0.3, -0.25) is 0 Å². The summed E-state index contributed by atoms with van der Waals surface area (Å²) < 4.78 is 2.53. The van der Waals surface area contributed by atoms with Gasteiger partial charge in [0.05, 0.1) is 5.41 Å².